The van der Waals surface area contributed by atoms with Crippen molar-refractivity contribution in [2.45, 2.75) is 52.1 Å². The summed E-state index contributed by atoms with van der Waals surface area (Å²) in [5.74, 6) is 1.92. The van der Waals surface area contributed by atoms with Gasteiger partial charge in [0.2, 0.25) is 0 Å². The minimum atomic E-state index is -0.121. The normalized spacial score (nSPS) is 17.1. The Morgan fingerprint density at radius 1 is 1.11 bits per heavy atom. The van der Waals surface area contributed by atoms with Crippen LogP contribution >= 0.6 is 0 Å². The molecular formula is C20H32N6O. The van der Waals surface area contributed by atoms with Gasteiger partial charge in [0.15, 0.2) is 5.82 Å². The Kier molecular flexibility index (Phi) is 5.99. The number of ether oxygens (including phenoxy) is 1. The summed E-state index contributed by atoms with van der Waals surface area (Å²) in [6, 6.07) is 8.50. The molecule has 1 fully saturated rings. The number of para-hydroxylation sites is 2. The molecule has 3 rings (SSSR count). The van der Waals surface area contributed by atoms with Gasteiger partial charge in [-0.1, -0.05) is 25.5 Å². The first-order valence-electron chi connectivity index (χ1n) is 9.86. The minimum Gasteiger partial charge on any atom is -0.495 e. The minimum absolute atomic E-state index is 0.121. The Morgan fingerprint density at radius 3 is 2.44 bits per heavy atom. The average Bonchev–Trinajstić information content (AvgIpc) is 3.16. The van der Waals surface area contributed by atoms with E-state index >= 15 is 0 Å². The predicted molar refractivity (Wildman–Crippen MR) is 107 cm³/mol. The number of hydrogen-bond acceptors (Lipinski definition) is 6. The third-order valence-electron chi connectivity index (χ3n) is 5.17. The van der Waals surface area contributed by atoms with Crippen LogP contribution in [0.1, 0.15) is 52.4 Å². The fraction of sp³-hybridized carbons (Fsp3) is 0.650. The molecule has 1 aromatic heterocycles. The molecule has 0 radical (unpaired) electrons. The van der Waals surface area contributed by atoms with E-state index in [-0.39, 0.29) is 11.6 Å². The zero-order valence-electron chi connectivity index (χ0n) is 17.2. The monoisotopic (exact) mass is 372 g/mol. The van der Waals surface area contributed by atoms with Crippen LogP contribution in [0.5, 0.6) is 5.75 Å². The molecule has 0 bridgehead atoms. The van der Waals surface area contributed by atoms with E-state index in [4.69, 9.17) is 4.74 Å². The highest BCUT2D eigenvalue weighted by molar-refractivity contribution is 5.58. The smallest absolute Gasteiger partial charge is 0.168 e. The fourth-order valence-corrected chi connectivity index (χ4v) is 3.79. The number of hydrogen-bond donors (Lipinski definition) is 0. The lowest BCUT2D eigenvalue weighted by Gasteiger charge is -2.40. The van der Waals surface area contributed by atoms with E-state index in [0.717, 1.165) is 50.6 Å². The van der Waals surface area contributed by atoms with Crippen molar-refractivity contribution in [3.63, 3.8) is 0 Å². The summed E-state index contributed by atoms with van der Waals surface area (Å²) >= 11 is 0. The van der Waals surface area contributed by atoms with E-state index in [1.807, 2.05) is 16.8 Å². The predicted octanol–water partition coefficient (Wildman–Crippen LogP) is 3.10. The standard InChI is InChI=1S/C20H32N6O/c1-6-9-17(19-21-22-23-26(19)20(2,3)4)25-14-12-24(13-15-25)16-10-7-8-11-18(16)27-5/h7-8,10-11,17H,6,9,12-15H2,1-5H3/t17-/m1/s1. The molecule has 0 amide bonds. The van der Waals surface area contributed by atoms with Gasteiger partial charge in [-0.3, -0.25) is 4.90 Å². The molecule has 2 heterocycles. The highest BCUT2D eigenvalue weighted by atomic mass is 16.5. The fourth-order valence-electron chi connectivity index (χ4n) is 3.79. The lowest BCUT2D eigenvalue weighted by atomic mass is 10.0. The van der Waals surface area contributed by atoms with Crippen molar-refractivity contribution >= 4 is 5.69 Å². The number of aromatic nitrogens is 4. The molecule has 2 aromatic rings. The molecule has 7 nitrogen and oxygen atoms in total. The third-order valence-corrected chi connectivity index (χ3v) is 5.17. The number of methoxy groups -OCH3 is 1. The molecule has 7 heteroatoms. The zero-order valence-corrected chi connectivity index (χ0v) is 17.2. The van der Waals surface area contributed by atoms with Gasteiger partial charge in [0.1, 0.15) is 5.75 Å². The van der Waals surface area contributed by atoms with Gasteiger partial charge in [-0.25, -0.2) is 4.68 Å². The summed E-state index contributed by atoms with van der Waals surface area (Å²) in [7, 11) is 1.73. The number of tetrazole rings is 1. The van der Waals surface area contributed by atoms with Gasteiger partial charge in [-0.2, -0.15) is 0 Å². The third kappa shape index (κ3) is 4.24. The molecule has 1 atom stereocenters. The van der Waals surface area contributed by atoms with Gasteiger partial charge in [0.25, 0.3) is 0 Å². The van der Waals surface area contributed by atoms with Gasteiger partial charge in [0.05, 0.1) is 24.4 Å². The Labute approximate surface area is 162 Å². The van der Waals surface area contributed by atoms with Crippen molar-refractivity contribution in [1.82, 2.24) is 25.1 Å². The second-order valence-corrected chi connectivity index (χ2v) is 8.12. The Hall–Kier alpha value is -2.15. The number of nitrogens with zero attached hydrogens (tertiary/aromatic N) is 6. The lowest BCUT2D eigenvalue weighted by Crippen LogP contribution is -2.48. The number of benzene rings is 1. The maximum absolute atomic E-state index is 5.54. The van der Waals surface area contributed by atoms with Gasteiger partial charge in [-0.05, 0) is 49.8 Å². The molecule has 0 N–H and O–H groups in total. The van der Waals surface area contributed by atoms with Crippen molar-refractivity contribution in [2.24, 2.45) is 0 Å². The van der Waals surface area contributed by atoms with Crippen LogP contribution in [-0.2, 0) is 5.54 Å². The molecule has 0 unspecified atom stereocenters. The van der Waals surface area contributed by atoms with Gasteiger partial charge >= 0.3 is 0 Å². The first-order valence-corrected chi connectivity index (χ1v) is 9.86. The van der Waals surface area contributed by atoms with Crippen LogP contribution in [-0.4, -0.2) is 58.4 Å². The maximum atomic E-state index is 5.54. The SMILES string of the molecule is CCC[C@H](c1nnnn1C(C)(C)C)N1CCN(c2ccccc2OC)CC1. The summed E-state index contributed by atoms with van der Waals surface area (Å²) < 4.78 is 7.52. The average molecular weight is 373 g/mol. The van der Waals surface area contributed by atoms with Crippen LogP contribution in [0.25, 0.3) is 0 Å². The number of rotatable bonds is 6. The molecule has 1 aromatic carbocycles. The zero-order chi connectivity index (χ0) is 19.4. The molecular weight excluding hydrogens is 340 g/mol. The molecule has 1 aliphatic heterocycles. The first-order chi connectivity index (χ1) is 13.0. The maximum Gasteiger partial charge on any atom is 0.168 e. The van der Waals surface area contributed by atoms with Crippen molar-refractivity contribution in [1.29, 1.82) is 0 Å². The van der Waals surface area contributed by atoms with E-state index in [9.17, 15) is 0 Å². The summed E-state index contributed by atoms with van der Waals surface area (Å²) in [6.45, 7) is 12.6. The van der Waals surface area contributed by atoms with Crippen molar-refractivity contribution in [3.05, 3.63) is 30.1 Å². The van der Waals surface area contributed by atoms with Crippen molar-refractivity contribution in [3.8, 4) is 5.75 Å². The molecule has 0 spiro atoms. The molecule has 27 heavy (non-hydrogen) atoms. The summed E-state index contributed by atoms with van der Waals surface area (Å²) in [5.41, 5.74) is 1.05. The second kappa shape index (κ2) is 8.25. The van der Waals surface area contributed by atoms with Crippen LogP contribution in [0.4, 0.5) is 5.69 Å². The Morgan fingerprint density at radius 2 is 1.81 bits per heavy atom. The summed E-state index contributed by atoms with van der Waals surface area (Å²) in [6.07, 6.45) is 2.17. The molecule has 1 saturated heterocycles. The van der Waals surface area contributed by atoms with Crippen LogP contribution < -0.4 is 9.64 Å². The topological polar surface area (TPSA) is 59.3 Å². The molecule has 148 valence electrons. The van der Waals surface area contributed by atoms with Crippen LogP contribution in [0.15, 0.2) is 24.3 Å². The van der Waals surface area contributed by atoms with E-state index < -0.39 is 0 Å². The van der Waals surface area contributed by atoms with E-state index in [2.05, 4.69) is 65.2 Å². The molecule has 0 aliphatic carbocycles. The number of piperazine rings is 1. The van der Waals surface area contributed by atoms with Gasteiger partial charge < -0.3 is 9.64 Å². The van der Waals surface area contributed by atoms with Crippen LogP contribution in [0.2, 0.25) is 0 Å². The summed E-state index contributed by atoms with van der Waals surface area (Å²) in [4.78, 5) is 4.94. The second-order valence-electron chi connectivity index (χ2n) is 8.12. The van der Waals surface area contributed by atoms with Crippen LogP contribution in [0.3, 0.4) is 0 Å². The van der Waals surface area contributed by atoms with Crippen LogP contribution in [0, 0.1) is 0 Å². The van der Waals surface area contributed by atoms with Gasteiger partial charge in [0, 0.05) is 26.2 Å². The van der Waals surface area contributed by atoms with E-state index in [1.165, 1.54) is 5.69 Å². The van der Waals surface area contributed by atoms with Crippen molar-refractivity contribution in [2.75, 3.05) is 38.2 Å². The largest absolute Gasteiger partial charge is 0.495 e. The lowest BCUT2D eigenvalue weighted by molar-refractivity contribution is 0.156. The molecule has 0 saturated carbocycles. The quantitative estimate of drug-likeness (QED) is 0.777. The highest BCUT2D eigenvalue weighted by Crippen LogP contribution is 2.32. The first kappa shape index (κ1) is 19.6. The van der Waals surface area contributed by atoms with E-state index in [1.54, 1.807) is 7.11 Å². The Balaban J connectivity index is 1.76. The van der Waals surface area contributed by atoms with E-state index in [0.29, 0.717) is 0 Å². The Bertz CT molecular complexity index is 730. The molecule has 1 aliphatic rings. The summed E-state index contributed by atoms with van der Waals surface area (Å²) in [5, 5.41) is 12.7. The highest BCUT2D eigenvalue weighted by Gasteiger charge is 2.31. The van der Waals surface area contributed by atoms with Crippen molar-refractivity contribution < 1.29 is 4.74 Å². The number of anilines is 1. The van der Waals surface area contributed by atoms with Gasteiger partial charge in [-0.15, -0.1) is 5.10 Å².